The molecule has 2 amide bonds. The number of amides is 2. The van der Waals surface area contributed by atoms with Gasteiger partial charge in [-0.25, -0.2) is 0 Å². The van der Waals surface area contributed by atoms with Crippen LogP contribution in [0.15, 0.2) is 28.0 Å². The zero-order valence-corrected chi connectivity index (χ0v) is 18.9. The SMILES string of the molecule is Cc1coc(C(=O)N2CCN(C3=C(C#N)C(=O)N(CC4CC4)C4CCCCCC34)CC2)c1. The van der Waals surface area contributed by atoms with Gasteiger partial charge < -0.3 is 19.1 Å². The molecule has 0 N–H and O–H groups in total. The van der Waals surface area contributed by atoms with E-state index in [1.807, 2.05) is 11.8 Å². The van der Waals surface area contributed by atoms with Crippen LogP contribution in [-0.4, -0.2) is 65.3 Å². The minimum atomic E-state index is -0.0880. The van der Waals surface area contributed by atoms with Gasteiger partial charge in [0, 0.05) is 50.4 Å². The van der Waals surface area contributed by atoms with Crippen LogP contribution in [0.3, 0.4) is 0 Å². The van der Waals surface area contributed by atoms with E-state index in [-0.39, 0.29) is 23.8 Å². The van der Waals surface area contributed by atoms with Crippen molar-refractivity contribution in [1.29, 1.82) is 5.26 Å². The summed E-state index contributed by atoms with van der Waals surface area (Å²) in [5, 5.41) is 10.0. The smallest absolute Gasteiger partial charge is 0.289 e. The zero-order chi connectivity index (χ0) is 22.2. The van der Waals surface area contributed by atoms with Gasteiger partial charge in [0.05, 0.1) is 6.26 Å². The topological polar surface area (TPSA) is 80.8 Å². The highest BCUT2D eigenvalue weighted by Crippen LogP contribution is 2.42. The maximum atomic E-state index is 13.4. The lowest BCUT2D eigenvalue weighted by Crippen LogP contribution is -2.55. The zero-order valence-electron chi connectivity index (χ0n) is 18.9. The summed E-state index contributed by atoms with van der Waals surface area (Å²) in [4.78, 5) is 32.3. The first-order chi connectivity index (χ1) is 15.6. The lowest BCUT2D eigenvalue weighted by atomic mass is 9.82. The summed E-state index contributed by atoms with van der Waals surface area (Å²) >= 11 is 0. The van der Waals surface area contributed by atoms with Crippen LogP contribution in [0.25, 0.3) is 0 Å². The van der Waals surface area contributed by atoms with Crippen LogP contribution >= 0.6 is 0 Å². The van der Waals surface area contributed by atoms with Gasteiger partial charge in [-0.3, -0.25) is 9.59 Å². The first-order valence-corrected chi connectivity index (χ1v) is 12.1. The van der Waals surface area contributed by atoms with Crippen molar-refractivity contribution in [3.05, 3.63) is 34.9 Å². The fourth-order valence-electron chi connectivity index (χ4n) is 5.71. The van der Waals surface area contributed by atoms with E-state index in [9.17, 15) is 14.9 Å². The highest BCUT2D eigenvalue weighted by Gasteiger charge is 2.45. The number of carbonyl (C=O) groups is 2. The maximum Gasteiger partial charge on any atom is 0.289 e. The molecule has 32 heavy (non-hydrogen) atoms. The minimum absolute atomic E-state index is 0.0675. The normalized spacial score (nSPS) is 26.6. The average Bonchev–Trinajstić information content (AvgIpc) is 3.57. The van der Waals surface area contributed by atoms with E-state index >= 15 is 0 Å². The second-order valence-electron chi connectivity index (χ2n) is 9.85. The van der Waals surface area contributed by atoms with E-state index in [4.69, 9.17) is 4.42 Å². The molecule has 1 saturated heterocycles. The molecule has 0 bridgehead atoms. The molecular formula is C25H32N4O3. The number of hydrogen-bond donors (Lipinski definition) is 0. The van der Waals surface area contributed by atoms with Crippen molar-refractivity contribution in [3.63, 3.8) is 0 Å². The monoisotopic (exact) mass is 436 g/mol. The standard InChI is InChI=1S/C25H32N4O3/c1-17-13-22(32-16-17)25(31)28-11-9-27(10-12-28)23-19-5-3-2-4-6-21(19)29(15-18-7-8-18)24(30)20(23)14-26/h13,16,18-19,21H,2-12,15H2,1H3. The maximum absolute atomic E-state index is 13.4. The van der Waals surface area contributed by atoms with Crippen molar-refractivity contribution in [2.24, 2.45) is 11.8 Å². The van der Waals surface area contributed by atoms with E-state index in [1.54, 1.807) is 12.3 Å². The molecule has 2 unspecified atom stereocenters. The molecule has 5 rings (SSSR count). The Morgan fingerprint density at radius 2 is 1.88 bits per heavy atom. The lowest BCUT2D eigenvalue weighted by Gasteiger charge is -2.47. The summed E-state index contributed by atoms with van der Waals surface area (Å²) in [5.41, 5.74) is 2.24. The van der Waals surface area contributed by atoms with Crippen molar-refractivity contribution in [2.45, 2.75) is 57.9 Å². The highest BCUT2D eigenvalue weighted by molar-refractivity contribution is 5.99. The third-order valence-corrected chi connectivity index (χ3v) is 7.57. The van der Waals surface area contributed by atoms with E-state index in [1.165, 1.54) is 19.3 Å². The molecule has 0 radical (unpaired) electrons. The Hall–Kier alpha value is -2.75. The lowest BCUT2D eigenvalue weighted by molar-refractivity contribution is -0.132. The van der Waals surface area contributed by atoms with Gasteiger partial charge in [-0.2, -0.15) is 5.26 Å². The summed E-state index contributed by atoms with van der Waals surface area (Å²) in [7, 11) is 0. The van der Waals surface area contributed by atoms with E-state index in [0.717, 1.165) is 43.5 Å². The van der Waals surface area contributed by atoms with Crippen molar-refractivity contribution in [1.82, 2.24) is 14.7 Å². The van der Waals surface area contributed by atoms with E-state index < -0.39 is 0 Å². The summed E-state index contributed by atoms with van der Waals surface area (Å²) < 4.78 is 5.40. The Morgan fingerprint density at radius 1 is 1.12 bits per heavy atom. The molecule has 2 aliphatic carbocycles. The Morgan fingerprint density at radius 3 is 2.53 bits per heavy atom. The van der Waals surface area contributed by atoms with Gasteiger partial charge in [-0.1, -0.05) is 19.3 Å². The number of piperazine rings is 1. The molecule has 3 heterocycles. The highest BCUT2D eigenvalue weighted by atomic mass is 16.3. The van der Waals surface area contributed by atoms with Crippen LogP contribution in [0, 0.1) is 30.1 Å². The minimum Gasteiger partial charge on any atom is -0.459 e. The number of fused-ring (bicyclic) bond motifs is 1. The van der Waals surface area contributed by atoms with Gasteiger partial charge in [0.2, 0.25) is 0 Å². The second kappa shape index (κ2) is 8.65. The summed E-state index contributed by atoms with van der Waals surface area (Å²) in [6.45, 7) is 5.14. The van der Waals surface area contributed by atoms with Crippen LogP contribution < -0.4 is 0 Å². The van der Waals surface area contributed by atoms with Gasteiger partial charge in [-0.15, -0.1) is 0 Å². The molecular weight excluding hydrogens is 404 g/mol. The second-order valence-corrected chi connectivity index (χ2v) is 9.85. The third kappa shape index (κ3) is 3.92. The number of aryl methyl sites for hydroxylation is 1. The molecule has 170 valence electrons. The van der Waals surface area contributed by atoms with Crippen molar-refractivity contribution in [2.75, 3.05) is 32.7 Å². The number of hydrogen-bond acceptors (Lipinski definition) is 5. The quantitative estimate of drug-likeness (QED) is 0.723. The third-order valence-electron chi connectivity index (χ3n) is 7.57. The van der Waals surface area contributed by atoms with Crippen molar-refractivity contribution < 1.29 is 14.0 Å². The first kappa shape index (κ1) is 21.1. The van der Waals surface area contributed by atoms with Crippen LogP contribution in [0.4, 0.5) is 0 Å². The van der Waals surface area contributed by atoms with Crippen molar-refractivity contribution >= 4 is 11.8 Å². The molecule has 7 nitrogen and oxygen atoms in total. The molecule has 2 aliphatic heterocycles. The predicted octanol–water partition coefficient (Wildman–Crippen LogP) is 3.32. The number of furan rings is 1. The number of carbonyl (C=O) groups excluding carboxylic acids is 2. The molecule has 3 fully saturated rings. The molecule has 2 saturated carbocycles. The van der Waals surface area contributed by atoms with Gasteiger partial charge >= 0.3 is 0 Å². The molecule has 7 heteroatoms. The van der Waals surface area contributed by atoms with E-state index in [0.29, 0.717) is 43.4 Å². The number of nitrogens with zero attached hydrogens (tertiary/aromatic N) is 4. The van der Waals surface area contributed by atoms with Gasteiger partial charge in [-0.05, 0) is 50.2 Å². The Balaban J connectivity index is 1.38. The number of nitriles is 1. The van der Waals surface area contributed by atoms with Crippen LogP contribution in [0.5, 0.6) is 0 Å². The fraction of sp³-hybridized carbons (Fsp3) is 0.640. The van der Waals surface area contributed by atoms with Gasteiger partial charge in [0.25, 0.3) is 11.8 Å². The Labute approximate surface area is 189 Å². The molecule has 4 aliphatic rings. The fourth-order valence-corrected chi connectivity index (χ4v) is 5.71. The molecule has 0 aromatic carbocycles. The first-order valence-electron chi connectivity index (χ1n) is 12.1. The summed E-state index contributed by atoms with van der Waals surface area (Å²) in [6.07, 6.45) is 9.54. The van der Waals surface area contributed by atoms with Crippen LogP contribution in [0.2, 0.25) is 0 Å². The molecule has 2 atom stereocenters. The molecule has 1 aromatic rings. The summed E-state index contributed by atoms with van der Waals surface area (Å²) in [6, 6.07) is 4.28. The van der Waals surface area contributed by atoms with Gasteiger partial charge in [0.15, 0.2) is 5.76 Å². The number of rotatable bonds is 4. The summed E-state index contributed by atoms with van der Waals surface area (Å²) in [5.74, 6) is 1.07. The molecule has 0 spiro atoms. The van der Waals surface area contributed by atoms with Crippen LogP contribution in [-0.2, 0) is 4.79 Å². The van der Waals surface area contributed by atoms with Crippen LogP contribution in [0.1, 0.15) is 61.1 Å². The van der Waals surface area contributed by atoms with Crippen molar-refractivity contribution in [3.8, 4) is 6.07 Å². The Bertz CT molecular complexity index is 962. The largest absolute Gasteiger partial charge is 0.459 e. The Kier molecular flexibility index (Phi) is 5.71. The molecule has 1 aromatic heterocycles. The predicted molar refractivity (Wildman–Crippen MR) is 118 cm³/mol. The van der Waals surface area contributed by atoms with Gasteiger partial charge in [0.1, 0.15) is 11.6 Å². The van der Waals surface area contributed by atoms with E-state index in [2.05, 4.69) is 15.9 Å². The average molecular weight is 437 g/mol.